The van der Waals surface area contributed by atoms with Crippen molar-refractivity contribution in [2.75, 3.05) is 11.3 Å². The number of halogens is 3. The van der Waals surface area contributed by atoms with Crippen LogP contribution in [0.5, 0.6) is 5.75 Å². The molecular formula is C23H24Cl2FN3O3S2. The van der Waals surface area contributed by atoms with Crippen LogP contribution in [0.3, 0.4) is 0 Å². The lowest BCUT2D eigenvalue weighted by Gasteiger charge is -2.39. The van der Waals surface area contributed by atoms with Crippen LogP contribution >= 0.6 is 34.5 Å². The maximum absolute atomic E-state index is 14.2. The van der Waals surface area contributed by atoms with Gasteiger partial charge in [-0.05, 0) is 55.7 Å². The number of rotatable bonds is 8. The Kier molecular flexibility index (Phi) is 7.99. The second-order valence-corrected chi connectivity index (χ2v) is 11.3. The maximum atomic E-state index is 14.2. The van der Waals surface area contributed by atoms with Gasteiger partial charge in [-0.15, -0.1) is 11.3 Å². The van der Waals surface area contributed by atoms with Gasteiger partial charge in [-0.25, -0.2) is 17.8 Å². The van der Waals surface area contributed by atoms with Crippen molar-refractivity contribution in [2.45, 2.75) is 49.8 Å². The van der Waals surface area contributed by atoms with Crippen LogP contribution in [-0.4, -0.2) is 37.0 Å². The van der Waals surface area contributed by atoms with Crippen molar-refractivity contribution in [1.29, 1.82) is 0 Å². The summed E-state index contributed by atoms with van der Waals surface area (Å²) < 4.78 is 47.9. The highest BCUT2D eigenvalue weighted by Crippen LogP contribution is 2.32. The molecule has 2 atom stereocenters. The van der Waals surface area contributed by atoms with Crippen LogP contribution in [0.1, 0.15) is 31.7 Å². The Hall–Kier alpha value is -1.91. The summed E-state index contributed by atoms with van der Waals surface area (Å²) >= 11 is 13.7. The van der Waals surface area contributed by atoms with Gasteiger partial charge in [-0.1, -0.05) is 30.1 Å². The number of nitrogens with zero attached hydrogens (tertiary/aromatic N) is 2. The third-order valence-electron chi connectivity index (χ3n) is 5.82. The molecule has 34 heavy (non-hydrogen) atoms. The van der Waals surface area contributed by atoms with Gasteiger partial charge in [0.1, 0.15) is 17.7 Å². The average Bonchev–Trinajstić information content (AvgIpc) is 3.30. The van der Waals surface area contributed by atoms with E-state index in [1.807, 2.05) is 0 Å². The highest BCUT2D eigenvalue weighted by molar-refractivity contribution is 7.92. The molecule has 182 valence electrons. The average molecular weight is 545 g/mol. The summed E-state index contributed by atoms with van der Waals surface area (Å²) in [6, 6.07) is 9.24. The summed E-state index contributed by atoms with van der Waals surface area (Å²) in [6.45, 7) is 3.31. The first-order valence-corrected chi connectivity index (χ1v) is 14.0. The molecule has 0 amide bonds. The van der Waals surface area contributed by atoms with Crippen LogP contribution in [-0.2, 0) is 16.6 Å². The van der Waals surface area contributed by atoms with E-state index in [1.54, 1.807) is 29.1 Å². The summed E-state index contributed by atoms with van der Waals surface area (Å²) in [5, 5.41) is 2.34. The third-order valence-corrected chi connectivity index (χ3v) is 8.29. The summed E-state index contributed by atoms with van der Waals surface area (Å²) in [5.74, 6) is 0.434. The standard InChI is InChI=1S/C23H24Cl2FN3O3S2/c1-2-17-10-18(7-8-29(17)12-15-9-16(24)3-5-21(15)26)32-22-6-4-19(11-20(22)25)34(30,31)28-23-13-33-14-27-23/h3-6,9,11,13-14,17-18,28H,2,7-8,10,12H2,1H3/t17-,18+/m1/s1. The van der Waals surface area contributed by atoms with Crippen molar-refractivity contribution in [3.05, 3.63) is 68.7 Å². The van der Waals surface area contributed by atoms with Gasteiger partial charge in [0, 0.05) is 35.1 Å². The van der Waals surface area contributed by atoms with Crippen molar-refractivity contribution in [3.8, 4) is 5.75 Å². The van der Waals surface area contributed by atoms with Crippen LogP contribution in [0.15, 0.2) is 52.2 Å². The van der Waals surface area contributed by atoms with Gasteiger partial charge in [0.2, 0.25) is 0 Å². The van der Waals surface area contributed by atoms with Gasteiger partial charge in [-0.2, -0.15) is 0 Å². The Morgan fingerprint density at radius 3 is 2.79 bits per heavy atom. The van der Waals surface area contributed by atoms with Crippen LogP contribution in [0, 0.1) is 5.82 Å². The van der Waals surface area contributed by atoms with Crippen LogP contribution in [0.25, 0.3) is 0 Å². The Morgan fingerprint density at radius 1 is 1.26 bits per heavy atom. The Morgan fingerprint density at radius 2 is 2.09 bits per heavy atom. The van der Waals surface area contributed by atoms with E-state index in [4.69, 9.17) is 27.9 Å². The minimum atomic E-state index is -3.80. The highest BCUT2D eigenvalue weighted by atomic mass is 35.5. The van der Waals surface area contributed by atoms with Gasteiger partial charge in [-0.3, -0.25) is 9.62 Å². The van der Waals surface area contributed by atoms with E-state index in [0.29, 0.717) is 22.9 Å². The summed E-state index contributed by atoms with van der Waals surface area (Å²) in [7, 11) is -3.80. The Bertz CT molecular complexity index is 1240. The molecule has 0 radical (unpaired) electrons. The summed E-state index contributed by atoms with van der Waals surface area (Å²) in [6.07, 6.45) is 2.29. The molecular weight excluding hydrogens is 520 g/mol. The molecule has 0 saturated carbocycles. The lowest BCUT2D eigenvalue weighted by Crippen LogP contribution is -2.45. The molecule has 1 fully saturated rings. The molecule has 3 aromatic rings. The number of nitrogens with one attached hydrogen (secondary N) is 1. The predicted molar refractivity (Wildman–Crippen MR) is 134 cm³/mol. The van der Waals surface area contributed by atoms with Crippen LogP contribution < -0.4 is 9.46 Å². The zero-order valence-electron chi connectivity index (χ0n) is 18.4. The number of hydrogen-bond acceptors (Lipinski definition) is 6. The van der Waals surface area contributed by atoms with E-state index in [1.165, 1.54) is 29.5 Å². The molecule has 6 nitrogen and oxygen atoms in total. The largest absolute Gasteiger partial charge is 0.489 e. The Balaban J connectivity index is 1.41. The highest BCUT2D eigenvalue weighted by Gasteiger charge is 2.29. The number of likely N-dealkylation sites (tertiary alicyclic amines) is 1. The van der Waals surface area contributed by atoms with Crippen molar-refractivity contribution in [1.82, 2.24) is 9.88 Å². The van der Waals surface area contributed by atoms with E-state index in [9.17, 15) is 12.8 Å². The number of sulfonamides is 1. The second kappa shape index (κ2) is 10.8. The molecule has 0 bridgehead atoms. The van der Waals surface area contributed by atoms with E-state index >= 15 is 0 Å². The Labute approximate surface area is 212 Å². The number of aromatic nitrogens is 1. The zero-order valence-corrected chi connectivity index (χ0v) is 21.5. The lowest BCUT2D eigenvalue weighted by atomic mass is 9.96. The minimum absolute atomic E-state index is 0.0302. The third kappa shape index (κ3) is 6.01. The van der Waals surface area contributed by atoms with E-state index in [0.717, 1.165) is 25.8 Å². The fourth-order valence-electron chi connectivity index (χ4n) is 4.07. The number of anilines is 1. The normalized spacial score (nSPS) is 19.2. The lowest BCUT2D eigenvalue weighted by molar-refractivity contribution is 0.0486. The molecule has 2 heterocycles. The van der Waals surface area contributed by atoms with E-state index in [-0.39, 0.29) is 33.7 Å². The zero-order chi connectivity index (χ0) is 24.3. The predicted octanol–water partition coefficient (Wildman–Crippen LogP) is 6.21. The van der Waals surface area contributed by atoms with Gasteiger partial charge < -0.3 is 4.74 Å². The molecule has 4 rings (SSSR count). The van der Waals surface area contributed by atoms with Gasteiger partial charge in [0.15, 0.2) is 5.82 Å². The number of thiazole rings is 1. The molecule has 1 N–H and O–H groups in total. The first kappa shape index (κ1) is 25.2. The van der Waals surface area contributed by atoms with Crippen molar-refractivity contribution in [3.63, 3.8) is 0 Å². The van der Waals surface area contributed by atoms with Gasteiger partial charge >= 0.3 is 0 Å². The molecule has 0 unspecified atom stereocenters. The topological polar surface area (TPSA) is 71.5 Å². The van der Waals surface area contributed by atoms with E-state index in [2.05, 4.69) is 21.5 Å². The molecule has 2 aromatic carbocycles. The number of hydrogen-bond donors (Lipinski definition) is 1. The monoisotopic (exact) mass is 543 g/mol. The fraction of sp³-hybridized carbons (Fsp3) is 0.348. The number of ether oxygens (including phenoxy) is 1. The van der Waals surface area contributed by atoms with Gasteiger partial charge in [0.05, 0.1) is 15.4 Å². The second-order valence-electron chi connectivity index (χ2n) is 8.10. The summed E-state index contributed by atoms with van der Waals surface area (Å²) in [4.78, 5) is 6.22. The number of piperidine rings is 1. The molecule has 1 aliphatic rings. The quantitative estimate of drug-likeness (QED) is 0.365. The number of benzene rings is 2. The fourth-order valence-corrected chi connectivity index (χ4v) is 6.14. The molecule has 11 heteroatoms. The molecule has 1 aromatic heterocycles. The van der Waals surface area contributed by atoms with Crippen LogP contribution in [0.4, 0.5) is 10.2 Å². The van der Waals surface area contributed by atoms with Crippen molar-refractivity contribution >= 4 is 50.4 Å². The molecule has 1 aliphatic heterocycles. The summed E-state index contributed by atoms with van der Waals surface area (Å²) in [5.41, 5.74) is 2.12. The minimum Gasteiger partial charge on any atom is -0.489 e. The van der Waals surface area contributed by atoms with E-state index < -0.39 is 10.0 Å². The first-order chi connectivity index (χ1) is 16.2. The van der Waals surface area contributed by atoms with Gasteiger partial charge in [0.25, 0.3) is 10.0 Å². The molecule has 0 spiro atoms. The van der Waals surface area contributed by atoms with Crippen molar-refractivity contribution in [2.24, 2.45) is 0 Å². The first-order valence-electron chi connectivity index (χ1n) is 10.8. The van der Waals surface area contributed by atoms with Crippen LogP contribution in [0.2, 0.25) is 10.0 Å². The maximum Gasteiger partial charge on any atom is 0.263 e. The van der Waals surface area contributed by atoms with Crippen molar-refractivity contribution < 1.29 is 17.5 Å². The smallest absolute Gasteiger partial charge is 0.263 e. The molecule has 0 aliphatic carbocycles. The SMILES string of the molecule is CC[C@@H]1C[C@@H](Oc2ccc(S(=O)(=O)Nc3cscn3)cc2Cl)CCN1Cc1cc(Cl)ccc1F. The molecule has 1 saturated heterocycles.